The van der Waals surface area contributed by atoms with E-state index >= 15 is 0 Å². The SMILES string of the molecule is CC[C@H](NC(=O)N[C@H]1CC(C)(C)OC1(C)C)c1noc(C)n1. The molecule has 1 aliphatic heterocycles. The van der Waals surface area contributed by atoms with Crippen molar-refractivity contribution < 1.29 is 14.1 Å². The van der Waals surface area contributed by atoms with Gasteiger partial charge < -0.3 is 19.9 Å². The lowest BCUT2D eigenvalue weighted by Crippen LogP contribution is -2.50. The van der Waals surface area contributed by atoms with E-state index in [0.29, 0.717) is 18.1 Å². The van der Waals surface area contributed by atoms with Crippen LogP contribution in [0.25, 0.3) is 0 Å². The molecule has 0 unspecified atom stereocenters. The molecule has 1 aliphatic rings. The monoisotopic (exact) mass is 310 g/mol. The summed E-state index contributed by atoms with van der Waals surface area (Å²) >= 11 is 0. The van der Waals surface area contributed by atoms with Crippen LogP contribution in [-0.4, -0.2) is 33.4 Å². The molecule has 0 bridgehead atoms. The van der Waals surface area contributed by atoms with Crippen LogP contribution in [0, 0.1) is 6.92 Å². The van der Waals surface area contributed by atoms with Gasteiger partial charge in [-0.3, -0.25) is 0 Å². The molecule has 0 spiro atoms. The van der Waals surface area contributed by atoms with Crippen molar-refractivity contribution in [1.82, 2.24) is 20.8 Å². The summed E-state index contributed by atoms with van der Waals surface area (Å²) in [5.41, 5.74) is -0.637. The molecular formula is C15H26N4O3. The Hall–Kier alpha value is -1.63. The molecule has 1 aromatic heterocycles. The standard InChI is InChI=1S/C15H26N4O3/c1-7-10(12-16-9(2)21-19-12)17-13(20)18-11-8-14(3,4)22-15(11,5)6/h10-11H,7-8H2,1-6H3,(H2,17,18,20)/t10-,11-/m0/s1. The van der Waals surface area contributed by atoms with Crippen molar-refractivity contribution in [2.45, 2.75) is 77.7 Å². The fraction of sp³-hybridized carbons (Fsp3) is 0.800. The number of carbonyl (C=O) groups excluding carboxylic acids is 1. The molecule has 1 aromatic rings. The number of hydrogen-bond donors (Lipinski definition) is 2. The van der Waals surface area contributed by atoms with Crippen molar-refractivity contribution in [2.24, 2.45) is 0 Å². The molecule has 124 valence electrons. The highest BCUT2D eigenvalue weighted by Gasteiger charge is 2.46. The predicted molar refractivity (Wildman–Crippen MR) is 81.4 cm³/mol. The highest BCUT2D eigenvalue weighted by molar-refractivity contribution is 5.74. The van der Waals surface area contributed by atoms with Crippen LogP contribution in [0.15, 0.2) is 4.52 Å². The van der Waals surface area contributed by atoms with Gasteiger partial charge in [-0.1, -0.05) is 12.1 Å². The molecule has 2 rings (SSSR count). The maximum atomic E-state index is 12.3. The highest BCUT2D eigenvalue weighted by atomic mass is 16.5. The van der Waals surface area contributed by atoms with Gasteiger partial charge in [0.2, 0.25) is 5.89 Å². The Kier molecular flexibility index (Phi) is 4.47. The van der Waals surface area contributed by atoms with Crippen LogP contribution >= 0.6 is 0 Å². The smallest absolute Gasteiger partial charge is 0.315 e. The number of nitrogens with one attached hydrogen (secondary N) is 2. The van der Waals surface area contributed by atoms with Crippen molar-refractivity contribution in [3.63, 3.8) is 0 Å². The molecule has 2 amide bonds. The first-order valence-corrected chi connectivity index (χ1v) is 7.70. The van der Waals surface area contributed by atoms with Crippen LogP contribution in [-0.2, 0) is 4.74 Å². The average molecular weight is 310 g/mol. The minimum Gasteiger partial charge on any atom is -0.367 e. The summed E-state index contributed by atoms with van der Waals surface area (Å²) in [4.78, 5) is 16.5. The maximum absolute atomic E-state index is 12.3. The van der Waals surface area contributed by atoms with E-state index in [9.17, 15) is 4.79 Å². The van der Waals surface area contributed by atoms with Crippen molar-refractivity contribution in [2.75, 3.05) is 0 Å². The van der Waals surface area contributed by atoms with E-state index < -0.39 is 5.60 Å². The van der Waals surface area contributed by atoms with Gasteiger partial charge in [0.15, 0.2) is 5.82 Å². The molecule has 2 atom stereocenters. The Balaban J connectivity index is 1.97. The summed E-state index contributed by atoms with van der Waals surface area (Å²) < 4.78 is 11.0. The molecular weight excluding hydrogens is 284 g/mol. The maximum Gasteiger partial charge on any atom is 0.315 e. The van der Waals surface area contributed by atoms with Crippen LogP contribution < -0.4 is 10.6 Å². The highest BCUT2D eigenvalue weighted by Crippen LogP contribution is 2.37. The number of amides is 2. The Labute approximate surface area is 131 Å². The lowest BCUT2D eigenvalue weighted by atomic mass is 9.94. The Morgan fingerprint density at radius 3 is 2.55 bits per heavy atom. The van der Waals surface area contributed by atoms with Crippen LogP contribution in [0.3, 0.4) is 0 Å². The fourth-order valence-corrected chi connectivity index (χ4v) is 2.95. The van der Waals surface area contributed by atoms with Gasteiger partial charge in [-0.15, -0.1) is 0 Å². The van der Waals surface area contributed by atoms with Gasteiger partial charge in [0, 0.05) is 6.92 Å². The van der Waals surface area contributed by atoms with Crippen LogP contribution in [0.5, 0.6) is 0 Å². The van der Waals surface area contributed by atoms with Crippen molar-refractivity contribution in [3.05, 3.63) is 11.7 Å². The number of urea groups is 1. The Morgan fingerprint density at radius 1 is 1.41 bits per heavy atom. The van der Waals surface area contributed by atoms with Gasteiger partial charge in [-0.05, 0) is 40.5 Å². The zero-order valence-corrected chi connectivity index (χ0v) is 14.2. The fourth-order valence-electron chi connectivity index (χ4n) is 2.95. The zero-order chi connectivity index (χ0) is 16.5. The largest absolute Gasteiger partial charge is 0.367 e. The van der Waals surface area contributed by atoms with Gasteiger partial charge >= 0.3 is 6.03 Å². The number of rotatable bonds is 4. The summed E-state index contributed by atoms with van der Waals surface area (Å²) in [5.74, 6) is 0.986. The summed E-state index contributed by atoms with van der Waals surface area (Å²) in [6.45, 7) is 11.7. The van der Waals surface area contributed by atoms with Gasteiger partial charge in [0.05, 0.1) is 23.3 Å². The molecule has 22 heavy (non-hydrogen) atoms. The van der Waals surface area contributed by atoms with Crippen molar-refractivity contribution in [3.8, 4) is 0 Å². The van der Waals surface area contributed by atoms with Crippen molar-refractivity contribution >= 4 is 6.03 Å². The number of nitrogens with zero attached hydrogens (tertiary/aromatic N) is 2. The predicted octanol–water partition coefficient (Wildman–Crippen LogP) is 2.47. The first kappa shape index (κ1) is 16.7. The molecule has 0 saturated carbocycles. The summed E-state index contributed by atoms with van der Waals surface area (Å²) in [6, 6.07) is -0.559. The molecule has 2 heterocycles. The van der Waals surface area contributed by atoms with E-state index in [1.54, 1.807) is 6.92 Å². The molecule has 7 heteroatoms. The van der Waals surface area contributed by atoms with Crippen LogP contribution in [0.2, 0.25) is 0 Å². The van der Waals surface area contributed by atoms with Crippen molar-refractivity contribution in [1.29, 1.82) is 0 Å². The first-order chi connectivity index (χ1) is 10.1. The van der Waals surface area contributed by atoms with E-state index in [1.807, 2.05) is 34.6 Å². The van der Waals surface area contributed by atoms with Crippen LogP contribution in [0.4, 0.5) is 4.79 Å². The quantitative estimate of drug-likeness (QED) is 0.891. The van der Waals surface area contributed by atoms with E-state index in [1.165, 1.54) is 0 Å². The minimum absolute atomic E-state index is 0.0491. The third-order valence-corrected chi connectivity index (χ3v) is 3.95. The molecule has 2 N–H and O–H groups in total. The Bertz CT molecular complexity index is 539. The second-order valence-electron chi connectivity index (χ2n) is 6.97. The summed E-state index contributed by atoms with van der Waals surface area (Å²) in [5, 5.41) is 9.77. The molecule has 0 aliphatic carbocycles. The second-order valence-corrected chi connectivity index (χ2v) is 6.97. The third kappa shape index (κ3) is 3.76. The molecule has 0 aromatic carbocycles. The van der Waals surface area contributed by atoms with Gasteiger partial charge in [-0.25, -0.2) is 4.79 Å². The third-order valence-electron chi connectivity index (χ3n) is 3.95. The first-order valence-electron chi connectivity index (χ1n) is 7.70. The number of ether oxygens (including phenoxy) is 1. The lowest BCUT2D eigenvalue weighted by Gasteiger charge is -2.28. The topological polar surface area (TPSA) is 89.3 Å². The average Bonchev–Trinajstić information content (AvgIpc) is 2.87. The molecule has 1 fully saturated rings. The normalized spacial score (nSPS) is 24.0. The molecule has 0 radical (unpaired) electrons. The van der Waals surface area contributed by atoms with Gasteiger partial charge in [0.25, 0.3) is 0 Å². The second kappa shape index (κ2) is 5.87. The van der Waals surface area contributed by atoms with Gasteiger partial charge in [-0.2, -0.15) is 4.98 Å². The van der Waals surface area contributed by atoms with E-state index in [2.05, 4.69) is 20.8 Å². The number of aromatic nitrogens is 2. The van der Waals surface area contributed by atoms with Crippen LogP contribution in [0.1, 0.15) is 65.2 Å². The number of carbonyl (C=O) groups is 1. The van der Waals surface area contributed by atoms with E-state index in [4.69, 9.17) is 9.26 Å². The zero-order valence-electron chi connectivity index (χ0n) is 14.2. The lowest BCUT2D eigenvalue weighted by molar-refractivity contribution is -0.0690. The number of aryl methyl sites for hydroxylation is 1. The van der Waals surface area contributed by atoms with E-state index in [-0.39, 0.29) is 23.7 Å². The molecule has 1 saturated heterocycles. The van der Waals surface area contributed by atoms with E-state index in [0.717, 1.165) is 6.42 Å². The Morgan fingerprint density at radius 2 is 2.09 bits per heavy atom. The number of hydrogen-bond acceptors (Lipinski definition) is 5. The van der Waals surface area contributed by atoms with Gasteiger partial charge in [0.1, 0.15) is 0 Å². The molecule has 7 nitrogen and oxygen atoms in total. The summed E-state index contributed by atoms with van der Waals surface area (Å²) in [7, 11) is 0. The minimum atomic E-state index is -0.398. The summed E-state index contributed by atoms with van der Waals surface area (Å²) in [6.07, 6.45) is 1.45.